The van der Waals surface area contributed by atoms with E-state index in [0.717, 1.165) is 15.0 Å². The van der Waals surface area contributed by atoms with E-state index in [-0.39, 0.29) is 5.82 Å². The van der Waals surface area contributed by atoms with E-state index in [1.807, 2.05) is 6.07 Å². The van der Waals surface area contributed by atoms with E-state index < -0.39 is 0 Å². The fourth-order valence-electron chi connectivity index (χ4n) is 1.23. The molecule has 13 heavy (non-hydrogen) atoms. The van der Waals surface area contributed by atoms with E-state index in [0.29, 0.717) is 6.42 Å². The van der Waals surface area contributed by atoms with Crippen LogP contribution in [0, 0.1) is 17.1 Å². The van der Waals surface area contributed by atoms with Gasteiger partial charge in [0, 0.05) is 9.58 Å². The fourth-order valence-corrected chi connectivity index (χ4v) is 2.25. The summed E-state index contributed by atoms with van der Waals surface area (Å²) in [4.78, 5) is 0.989. The Balaban J connectivity index is 2.57. The van der Waals surface area contributed by atoms with Crippen LogP contribution >= 0.6 is 11.3 Å². The molecule has 0 saturated carbocycles. The smallest absolute Gasteiger partial charge is 0.124 e. The maximum absolute atomic E-state index is 12.8. The Kier molecular flexibility index (Phi) is 1.99. The molecule has 2 rings (SSSR count). The monoisotopic (exact) mass is 191 g/mol. The molecule has 0 amide bonds. The molecule has 3 heteroatoms. The predicted octanol–water partition coefficient (Wildman–Crippen LogP) is 3.11. The van der Waals surface area contributed by atoms with Crippen molar-refractivity contribution in [2.24, 2.45) is 0 Å². The van der Waals surface area contributed by atoms with Crippen molar-refractivity contribution >= 4 is 21.4 Å². The molecule has 0 unspecified atom stereocenters. The quantitative estimate of drug-likeness (QED) is 0.679. The molecule has 0 atom stereocenters. The van der Waals surface area contributed by atoms with Gasteiger partial charge in [-0.2, -0.15) is 5.26 Å². The van der Waals surface area contributed by atoms with E-state index in [4.69, 9.17) is 5.26 Å². The number of hydrogen-bond acceptors (Lipinski definition) is 2. The van der Waals surface area contributed by atoms with E-state index >= 15 is 0 Å². The lowest BCUT2D eigenvalue weighted by Crippen LogP contribution is -1.69. The van der Waals surface area contributed by atoms with Gasteiger partial charge in [0.1, 0.15) is 5.82 Å². The maximum Gasteiger partial charge on any atom is 0.124 e. The molecule has 0 saturated heterocycles. The SMILES string of the molecule is N#CCc1cc2ccc(F)cc2s1. The van der Waals surface area contributed by atoms with Crippen LogP contribution in [0.2, 0.25) is 0 Å². The summed E-state index contributed by atoms with van der Waals surface area (Å²) in [6, 6.07) is 8.68. The largest absolute Gasteiger partial charge is 0.207 e. The third-order valence-electron chi connectivity index (χ3n) is 1.79. The van der Waals surface area contributed by atoms with Crippen LogP contribution in [0.5, 0.6) is 0 Å². The van der Waals surface area contributed by atoms with Gasteiger partial charge < -0.3 is 0 Å². The topological polar surface area (TPSA) is 23.8 Å². The maximum atomic E-state index is 12.8. The summed E-state index contributed by atoms with van der Waals surface area (Å²) in [6.45, 7) is 0. The number of nitrogens with zero attached hydrogens (tertiary/aromatic N) is 1. The van der Waals surface area contributed by atoms with Crippen LogP contribution in [-0.4, -0.2) is 0 Å². The van der Waals surface area contributed by atoms with Crippen molar-refractivity contribution in [1.29, 1.82) is 5.26 Å². The minimum absolute atomic E-state index is 0.224. The van der Waals surface area contributed by atoms with E-state index in [2.05, 4.69) is 6.07 Å². The number of benzene rings is 1. The lowest BCUT2D eigenvalue weighted by molar-refractivity contribution is 0.630. The molecule has 64 valence electrons. The van der Waals surface area contributed by atoms with Crippen molar-refractivity contribution in [3.05, 3.63) is 35.0 Å². The highest BCUT2D eigenvalue weighted by Crippen LogP contribution is 2.26. The minimum Gasteiger partial charge on any atom is -0.207 e. The molecule has 0 spiro atoms. The van der Waals surface area contributed by atoms with Crippen LogP contribution in [0.1, 0.15) is 4.88 Å². The highest BCUT2D eigenvalue weighted by Gasteiger charge is 2.01. The van der Waals surface area contributed by atoms with Gasteiger partial charge >= 0.3 is 0 Å². The Hall–Kier alpha value is -1.40. The molecule has 0 aliphatic carbocycles. The first kappa shape index (κ1) is 8.21. The Morgan fingerprint density at radius 1 is 1.38 bits per heavy atom. The van der Waals surface area contributed by atoms with Crippen molar-refractivity contribution in [1.82, 2.24) is 0 Å². The number of fused-ring (bicyclic) bond motifs is 1. The van der Waals surface area contributed by atoms with Gasteiger partial charge in [-0.3, -0.25) is 0 Å². The van der Waals surface area contributed by atoms with Crippen molar-refractivity contribution < 1.29 is 4.39 Å². The summed E-state index contributed by atoms with van der Waals surface area (Å²) in [5, 5.41) is 9.49. The van der Waals surface area contributed by atoms with E-state index in [1.54, 1.807) is 6.07 Å². The van der Waals surface area contributed by atoms with E-state index in [1.165, 1.54) is 23.5 Å². The molecule has 0 radical (unpaired) electrons. The van der Waals surface area contributed by atoms with Crippen molar-refractivity contribution in [3.8, 4) is 6.07 Å². The number of hydrogen-bond donors (Lipinski definition) is 0. The van der Waals surface area contributed by atoms with Crippen molar-refractivity contribution in [2.45, 2.75) is 6.42 Å². The molecule has 0 N–H and O–H groups in total. The number of rotatable bonds is 1. The zero-order valence-electron chi connectivity index (χ0n) is 6.75. The van der Waals surface area contributed by atoms with Gasteiger partial charge in [0.25, 0.3) is 0 Å². The standard InChI is InChI=1S/C10H6FNS/c11-8-2-1-7-5-9(3-4-12)13-10(7)6-8/h1-2,5-6H,3H2. The molecule has 0 aliphatic heterocycles. The molecule has 0 bridgehead atoms. The van der Waals surface area contributed by atoms with Crippen molar-refractivity contribution in [3.63, 3.8) is 0 Å². The second kappa shape index (κ2) is 3.15. The predicted molar refractivity (Wildman–Crippen MR) is 51.1 cm³/mol. The third-order valence-corrected chi connectivity index (χ3v) is 2.88. The van der Waals surface area contributed by atoms with E-state index in [9.17, 15) is 4.39 Å². The molecule has 1 aromatic carbocycles. The normalized spacial score (nSPS) is 10.2. The van der Waals surface area contributed by atoms with Gasteiger partial charge in [0.05, 0.1) is 12.5 Å². The summed E-state index contributed by atoms with van der Waals surface area (Å²) in [5.41, 5.74) is 0. The van der Waals surface area contributed by atoms with Gasteiger partial charge in [-0.1, -0.05) is 6.07 Å². The molecule has 2 aromatic rings. The molecule has 0 aliphatic rings. The Labute approximate surface area is 79.0 Å². The van der Waals surface area contributed by atoms with Crippen LogP contribution in [0.4, 0.5) is 4.39 Å². The highest BCUT2D eigenvalue weighted by molar-refractivity contribution is 7.19. The van der Waals surface area contributed by atoms with Crippen LogP contribution in [0.15, 0.2) is 24.3 Å². The summed E-state index contributed by atoms with van der Waals surface area (Å²) in [6.07, 6.45) is 0.404. The molecular weight excluding hydrogens is 185 g/mol. The summed E-state index contributed by atoms with van der Waals surface area (Å²) >= 11 is 1.47. The molecule has 1 nitrogen and oxygen atoms in total. The van der Waals surface area contributed by atoms with Crippen molar-refractivity contribution in [2.75, 3.05) is 0 Å². The van der Waals surface area contributed by atoms with Gasteiger partial charge in [0.15, 0.2) is 0 Å². The molecule has 0 fully saturated rings. The lowest BCUT2D eigenvalue weighted by atomic mass is 10.2. The first-order chi connectivity index (χ1) is 6.29. The van der Waals surface area contributed by atoms with Crippen LogP contribution in [-0.2, 0) is 6.42 Å². The average Bonchev–Trinajstić information content (AvgIpc) is 2.46. The molecular formula is C10H6FNS. The van der Waals surface area contributed by atoms with Crippen LogP contribution in [0.25, 0.3) is 10.1 Å². The number of halogens is 1. The first-order valence-corrected chi connectivity index (χ1v) is 4.66. The second-order valence-electron chi connectivity index (χ2n) is 2.73. The van der Waals surface area contributed by atoms with Gasteiger partial charge in [0.2, 0.25) is 0 Å². The Morgan fingerprint density at radius 3 is 3.00 bits per heavy atom. The van der Waals surface area contributed by atoms with Crippen LogP contribution < -0.4 is 0 Å². The average molecular weight is 191 g/mol. The van der Waals surface area contributed by atoms with Gasteiger partial charge in [-0.05, 0) is 23.6 Å². The summed E-state index contributed by atoms with van der Waals surface area (Å²) in [5.74, 6) is -0.224. The molecule has 1 aromatic heterocycles. The minimum atomic E-state index is -0.224. The Morgan fingerprint density at radius 2 is 2.23 bits per heavy atom. The second-order valence-corrected chi connectivity index (χ2v) is 3.90. The zero-order chi connectivity index (χ0) is 9.26. The summed E-state index contributed by atoms with van der Waals surface area (Å²) < 4.78 is 13.7. The Bertz CT molecular complexity index is 481. The summed E-state index contributed by atoms with van der Waals surface area (Å²) in [7, 11) is 0. The zero-order valence-corrected chi connectivity index (χ0v) is 7.57. The third kappa shape index (κ3) is 1.53. The first-order valence-electron chi connectivity index (χ1n) is 3.84. The van der Waals surface area contributed by atoms with Gasteiger partial charge in [-0.25, -0.2) is 4.39 Å². The highest BCUT2D eigenvalue weighted by atomic mass is 32.1. The van der Waals surface area contributed by atoms with Gasteiger partial charge in [-0.15, -0.1) is 11.3 Å². The number of nitriles is 1. The number of thiophene rings is 1. The molecule has 1 heterocycles. The van der Waals surface area contributed by atoms with Crippen LogP contribution in [0.3, 0.4) is 0 Å². The fraction of sp³-hybridized carbons (Fsp3) is 0.100. The lowest BCUT2D eigenvalue weighted by Gasteiger charge is -1.86.